The molecule has 0 aliphatic heterocycles. The van der Waals surface area contributed by atoms with Crippen molar-refractivity contribution < 1.29 is 14.3 Å². The Labute approximate surface area is 188 Å². The largest absolute Gasteiger partial charge is 0.494 e. The summed E-state index contributed by atoms with van der Waals surface area (Å²) in [6, 6.07) is 8.99. The number of carbonyl (C=O) groups excluding carboxylic acids is 1. The number of hydrogen-bond acceptors (Lipinski definition) is 7. The van der Waals surface area contributed by atoms with Crippen molar-refractivity contribution in [1.29, 1.82) is 0 Å². The molecule has 0 aliphatic carbocycles. The highest BCUT2D eigenvalue weighted by molar-refractivity contribution is 8.15. The fourth-order valence-corrected chi connectivity index (χ4v) is 3.74. The molecule has 9 nitrogen and oxygen atoms in total. The molecule has 2 heterocycles. The Morgan fingerprint density at radius 2 is 1.91 bits per heavy atom. The number of aromatic hydroxyl groups is 1. The second kappa shape index (κ2) is 9.73. The molecule has 10 heteroatoms. The smallest absolute Gasteiger partial charge is 0.333 e. The van der Waals surface area contributed by atoms with Crippen molar-refractivity contribution in [3.05, 3.63) is 79.9 Å². The van der Waals surface area contributed by atoms with Crippen LogP contribution in [-0.4, -0.2) is 30.9 Å². The predicted molar refractivity (Wildman–Crippen MR) is 124 cm³/mol. The van der Waals surface area contributed by atoms with Crippen LogP contribution in [0.25, 0.3) is 0 Å². The van der Waals surface area contributed by atoms with Crippen molar-refractivity contribution in [2.24, 2.45) is 19.1 Å². The number of aliphatic imine (C=N–C) groups is 1. The highest BCUT2D eigenvalue weighted by atomic mass is 32.2. The number of nitrogens with one attached hydrogen (secondary N) is 1. The van der Waals surface area contributed by atoms with Crippen LogP contribution in [0, 0.1) is 13.8 Å². The first kappa shape index (κ1) is 23.1. The van der Waals surface area contributed by atoms with Gasteiger partial charge in [0.1, 0.15) is 16.4 Å². The summed E-state index contributed by atoms with van der Waals surface area (Å²) >= 11 is 0.995. The molecular weight excluding hydrogens is 432 g/mol. The summed E-state index contributed by atoms with van der Waals surface area (Å²) in [4.78, 5) is 41.9. The fourth-order valence-electron chi connectivity index (χ4n) is 2.88. The number of rotatable bonds is 6. The molecule has 1 aromatic carbocycles. The van der Waals surface area contributed by atoms with E-state index in [0.29, 0.717) is 11.4 Å². The van der Waals surface area contributed by atoms with E-state index in [1.807, 2.05) is 26.0 Å². The Morgan fingerprint density at radius 1 is 1.16 bits per heavy atom. The molecule has 2 aromatic heterocycles. The van der Waals surface area contributed by atoms with Crippen LogP contribution in [-0.2, 0) is 25.4 Å². The number of nitrogens with zero attached hydrogens (tertiary/aromatic N) is 3. The first-order valence-electron chi connectivity index (χ1n) is 9.76. The zero-order chi connectivity index (χ0) is 23.4. The Kier molecular flexibility index (Phi) is 7.04. The van der Waals surface area contributed by atoms with Crippen molar-refractivity contribution in [2.45, 2.75) is 20.4 Å². The van der Waals surface area contributed by atoms with Gasteiger partial charge >= 0.3 is 5.69 Å². The zero-order valence-electron chi connectivity index (χ0n) is 18.2. The lowest BCUT2D eigenvalue weighted by Gasteiger charge is -2.13. The van der Waals surface area contributed by atoms with E-state index < -0.39 is 17.1 Å². The van der Waals surface area contributed by atoms with Crippen molar-refractivity contribution in [3.8, 4) is 5.88 Å². The van der Waals surface area contributed by atoms with Gasteiger partial charge in [0, 0.05) is 14.1 Å². The van der Waals surface area contributed by atoms with Gasteiger partial charge in [-0.25, -0.2) is 9.79 Å². The van der Waals surface area contributed by atoms with Crippen LogP contribution < -0.4 is 16.6 Å². The van der Waals surface area contributed by atoms with Gasteiger partial charge in [0.2, 0.25) is 11.8 Å². The third kappa shape index (κ3) is 5.02. The molecule has 32 heavy (non-hydrogen) atoms. The molecular formula is C22H24N4O5S. The Balaban J connectivity index is 1.96. The molecule has 3 aromatic rings. The molecule has 0 saturated carbocycles. The summed E-state index contributed by atoms with van der Waals surface area (Å²) in [5, 5.41) is 13.4. The van der Waals surface area contributed by atoms with Gasteiger partial charge in [-0.2, -0.15) is 0 Å². The lowest BCUT2D eigenvalue weighted by molar-refractivity contribution is -0.118. The lowest BCUT2D eigenvalue weighted by Crippen LogP contribution is -2.39. The minimum atomic E-state index is -0.698. The molecule has 168 valence electrons. The van der Waals surface area contributed by atoms with E-state index in [9.17, 15) is 19.5 Å². The van der Waals surface area contributed by atoms with E-state index in [2.05, 4.69) is 10.3 Å². The fraction of sp³-hybridized carbons (Fsp3) is 0.273. The van der Waals surface area contributed by atoms with Crippen LogP contribution in [0.3, 0.4) is 0 Å². The monoisotopic (exact) mass is 456 g/mol. The van der Waals surface area contributed by atoms with E-state index in [4.69, 9.17) is 4.42 Å². The van der Waals surface area contributed by atoms with E-state index in [1.165, 1.54) is 20.4 Å². The van der Waals surface area contributed by atoms with Crippen LogP contribution in [0.15, 0.2) is 55.6 Å². The summed E-state index contributed by atoms with van der Waals surface area (Å²) < 4.78 is 7.05. The molecule has 1 amide bonds. The summed E-state index contributed by atoms with van der Waals surface area (Å²) in [6.07, 6.45) is 1.52. The van der Waals surface area contributed by atoms with Crippen LogP contribution in [0.2, 0.25) is 0 Å². The van der Waals surface area contributed by atoms with Crippen molar-refractivity contribution in [3.63, 3.8) is 0 Å². The van der Waals surface area contributed by atoms with Gasteiger partial charge in [-0.05, 0) is 49.2 Å². The summed E-state index contributed by atoms with van der Waals surface area (Å²) in [5.74, 6) is -0.267. The highest BCUT2D eigenvalue weighted by Gasteiger charge is 2.22. The van der Waals surface area contributed by atoms with Gasteiger partial charge in [0.25, 0.3) is 5.56 Å². The van der Waals surface area contributed by atoms with Crippen molar-refractivity contribution >= 4 is 28.4 Å². The van der Waals surface area contributed by atoms with E-state index in [1.54, 1.807) is 18.2 Å². The first-order chi connectivity index (χ1) is 15.2. The quantitative estimate of drug-likeness (QED) is 0.433. The van der Waals surface area contributed by atoms with Gasteiger partial charge in [0.05, 0.1) is 24.2 Å². The summed E-state index contributed by atoms with van der Waals surface area (Å²) in [7, 11) is 2.68. The Bertz CT molecular complexity index is 1290. The van der Waals surface area contributed by atoms with Gasteiger partial charge in [-0.1, -0.05) is 17.8 Å². The molecule has 0 unspecified atom stereocenters. The molecule has 0 saturated heterocycles. The number of furan rings is 1. The number of aromatic nitrogens is 2. The van der Waals surface area contributed by atoms with E-state index in [0.717, 1.165) is 32.0 Å². The maximum atomic E-state index is 12.8. The highest BCUT2D eigenvalue weighted by Crippen LogP contribution is 2.24. The molecule has 0 radical (unpaired) electrons. The molecule has 0 fully saturated rings. The third-order valence-corrected chi connectivity index (χ3v) is 5.92. The van der Waals surface area contributed by atoms with Crippen molar-refractivity contribution in [2.75, 3.05) is 5.75 Å². The number of amides is 1. The van der Waals surface area contributed by atoms with Gasteiger partial charge in [0.15, 0.2) is 0 Å². The molecule has 0 bridgehead atoms. The van der Waals surface area contributed by atoms with Crippen molar-refractivity contribution in [1.82, 2.24) is 14.5 Å². The average Bonchev–Trinajstić information content (AvgIpc) is 3.29. The number of hydrogen-bond donors (Lipinski definition) is 2. The second-order valence-corrected chi connectivity index (χ2v) is 8.20. The number of benzene rings is 1. The van der Waals surface area contributed by atoms with Crippen LogP contribution in [0.1, 0.15) is 22.5 Å². The zero-order valence-corrected chi connectivity index (χ0v) is 19.0. The standard InChI is InChI=1S/C22H24N4O5S/c1-13-7-8-15(10-14(13)2)24-19(18-20(28)25(3)22(30)26(4)21(18)29)32-12-17(27)23-11-16-6-5-9-31-16/h5-10,28H,11-12H2,1-4H3,(H,23,27). The maximum Gasteiger partial charge on any atom is 0.333 e. The summed E-state index contributed by atoms with van der Waals surface area (Å²) in [6.45, 7) is 4.13. The van der Waals surface area contributed by atoms with Gasteiger partial charge < -0.3 is 14.8 Å². The lowest BCUT2D eigenvalue weighted by atomic mass is 10.1. The number of aryl methyl sites for hydroxylation is 2. The van der Waals surface area contributed by atoms with Crippen LogP contribution in [0.4, 0.5) is 5.69 Å². The molecule has 0 aliphatic rings. The maximum absolute atomic E-state index is 12.8. The minimum absolute atomic E-state index is 0.0597. The third-order valence-electron chi connectivity index (χ3n) is 4.95. The van der Waals surface area contributed by atoms with Crippen LogP contribution in [0.5, 0.6) is 5.88 Å². The van der Waals surface area contributed by atoms with E-state index >= 15 is 0 Å². The number of thioether (sulfide) groups is 1. The minimum Gasteiger partial charge on any atom is -0.494 e. The number of carbonyl (C=O) groups is 1. The Morgan fingerprint density at radius 3 is 2.56 bits per heavy atom. The van der Waals surface area contributed by atoms with E-state index in [-0.39, 0.29) is 28.8 Å². The second-order valence-electron chi connectivity index (χ2n) is 7.23. The molecule has 2 N–H and O–H groups in total. The first-order valence-corrected chi connectivity index (χ1v) is 10.7. The average molecular weight is 457 g/mol. The van der Waals surface area contributed by atoms with Gasteiger partial charge in [-0.3, -0.25) is 18.7 Å². The normalized spacial score (nSPS) is 11.6. The topological polar surface area (TPSA) is 119 Å². The SMILES string of the molecule is Cc1ccc(N=C(SCC(=O)NCc2ccco2)c2c(O)n(C)c(=O)n(C)c2=O)cc1C. The summed E-state index contributed by atoms with van der Waals surface area (Å²) in [5.41, 5.74) is 1.14. The predicted octanol–water partition coefficient (Wildman–Crippen LogP) is 2.13. The van der Waals surface area contributed by atoms with Gasteiger partial charge in [-0.15, -0.1) is 0 Å². The molecule has 3 rings (SSSR count). The van der Waals surface area contributed by atoms with Crippen LogP contribution >= 0.6 is 11.8 Å². The molecule has 0 atom stereocenters. The Hall–Kier alpha value is -3.53. The molecule has 0 spiro atoms.